The molecule has 3 N–H and O–H groups in total. The first kappa shape index (κ1) is 18.4. The fraction of sp³-hybridized carbons (Fsp3) is 0.533. The van der Waals surface area contributed by atoms with E-state index < -0.39 is 12.1 Å². The molecule has 22 heavy (non-hydrogen) atoms. The van der Waals surface area contributed by atoms with Gasteiger partial charge in [-0.25, -0.2) is 4.79 Å². The van der Waals surface area contributed by atoms with E-state index in [0.29, 0.717) is 5.92 Å². The minimum Gasteiger partial charge on any atom is -0.475 e. The Labute approximate surface area is 127 Å². The topological polar surface area (TPSA) is 72.5 Å². The fourth-order valence-corrected chi connectivity index (χ4v) is 2.32. The number of alkyl halides is 3. The van der Waals surface area contributed by atoms with Crippen molar-refractivity contribution in [3.8, 4) is 0 Å². The summed E-state index contributed by atoms with van der Waals surface area (Å²) in [5, 5.41) is 7.12. The number of benzene rings is 1. The average molecular weight is 319 g/mol. The van der Waals surface area contributed by atoms with Crippen LogP contribution in [0.15, 0.2) is 24.3 Å². The monoisotopic (exact) mass is 319 g/mol. The molecule has 124 valence electrons. The van der Waals surface area contributed by atoms with Crippen molar-refractivity contribution in [2.75, 3.05) is 13.2 Å². The zero-order chi connectivity index (χ0) is 17.0. The smallest absolute Gasteiger partial charge is 0.475 e. The van der Waals surface area contributed by atoms with Crippen LogP contribution >= 0.6 is 0 Å². The standard InChI is InChI=1S/C13H19NO.C2HF3O2/c1-13(2)12-6-4-3-5-11(12)10(7-8-14)9-15-13;3-2(4,5)1(6)7/h3-6,10H,7-9,14H2,1-2H3;(H,6,7). The van der Waals surface area contributed by atoms with Crippen LogP contribution in [-0.4, -0.2) is 30.4 Å². The number of carbonyl (C=O) groups is 1. The lowest BCUT2D eigenvalue weighted by Crippen LogP contribution is -2.32. The molecular weight excluding hydrogens is 299 g/mol. The van der Waals surface area contributed by atoms with Gasteiger partial charge >= 0.3 is 12.1 Å². The second kappa shape index (κ2) is 7.11. The van der Waals surface area contributed by atoms with Crippen molar-refractivity contribution < 1.29 is 27.8 Å². The molecule has 0 aliphatic carbocycles. The lowest BCUT2D eigenvalue weighted by Gasteiger charge is -2.37. The minimum atomic E-state index is -5.08. The number of aliphatic carboxylic acids is 1. The molecule has 0 bridgehead atoms. The van der Waals surface area contributed by atoms with E-state index in [1.807, 2.05) is 0 Å². The molecule has 0 fully saturated rings. The van der Waals surface area contributed by atoms with Crippen LogP contribution in [0.5, 0.6) is 0 Å². The number of hydrogen-bond acceptors (Lipinski definition) is 3. The SMILES string of the molecule is CC1(C)OCC(CCN)c2ccccc21.O=C(O)C(F)(F)F. The van der Waals surface area contributed by atoms with Crippen LogP contribution in [0.2, 0.25) is 0 Å². The van der Waals surface area contributed by atoms with Crippen molar-refractivity contribution in [3.05, 3.63) is 35.4 Å². The molecule has 0 spiro atoms. The van der Waals surface area contributed by atoms with Gasteiger partial charge in [0, 0.05) is 5.92 Å². The second-order valence-corrected chi connectivity index (χ2v) is 5.49. The fourth-order valence-electron chi connectivity index (χ4n) is 2.32. The summed E-state index contributed by atoms with van der Waals surface area (Å²) >= 11 is 0. The molecule has 1 aromatic rings. The van der Waals surface area contributed by atoms with Crippen LogP contribution in [0, 0.1) is 0 Å². The lowest BCUT2D eigenvalue weighted by atomic mass is 9.82. The summed E-state index contributed by atoms with van der Waals surface area (Å²) in [5.74, 6) is -2.29. The van der Waals surface area contributed by atoms with Crippen LogP contribution in [0.1, 0.15) is 37.3 Å². The van der Waals surface area contributed by atoms with Gasteiger partial charge < -0.3 is 15.6 Å². The Morgan fingerprint density at radius 2 is 1.95 bits per heavy atom. The number of carboxylic acids is 1. The van der Waals surface area contributed by atoms with E-state index in [9.17, 15) is 13.2 Å². The third-order valence-corrected chi connectivity index (χ3v) is 3.45. The highest BCUT2D eigenvalue weighted by atomic mass is 19.4. The second-order valence-electron chi connectivity index (χ2n) is 5.49. The quantitative estimate of drug-likeness (QED) is 0.879. The van der Waals surface area contributed by atoms with Gasteiger partial charge in [0.2, 0.25) is 0 Å². The van der Waals surface area contributed by atoms with Crippen LogP contribution < -0.4 is 5.73 Å². The van der Waals surface area contributed by atoms with Gasteiger partial charge in [0.15, 0.2) is 0 Å². The Kier molecular flexibility index (Phi) is 5.96. The zero-order valence-corrected chi connectivity index (χ0v) is 12.5. The lowest BCUT2D eigenvalue weighted by molar-refractivity contribution is -0.192. The van der Waals surface area contributed by atoms with Gasteiger partial charge in [0.05, 0.1) is 12.2 Å². The predicted octanol–water partition coefficient (Wildman–Crippen LogP) is 3.02. The van der Waals surface area contributed by atoms with E-state index in [0.717, 1.165) is 19.6 Å². The average Bonchev–Trinajstić information content (AvgIpc) is 2.42. The van der Waals surface area contributed by atoms with Crippen molar-refractivity contribution in [2.24, 2.45) is 5.73 Å². The molecule has 1 heterocycles. The maximum atomic E-state index is 10.6. The molecule has 0 radical (unpaired) electrons. The van der Waals surface area contributed by atoms with Crippen LogP contribution in [-0.2, 0) is 15.1 Å². The highest BCUT2D eigenvalue weighted by Crippen LogP contribution is 2.38. The van der Waals surface area contributed by atoms with Crippen LogP contribution in [0.3, 0.4) is 0 Å². The van der Waals surface area contributed by atoms with Gasteiger partial charge in [-0.3, -0.25) is 0 Å². The number of nitrogens with two attached hydrogens (primary N) is 1. The Balaban J connectivity index is 0.000000295. The number of ether oxygens (including phenoxy) is 1. The molecule has 0 saturated carbocycles. The van der Waals surface area contributed by atoms with Crippen molar-refractivity contribution in [1.82, 2.24) is 0 Å². The van der Waals surface area contributed by atoms with E-state index in [1.54, 1.807) is 0 Å². The van der Waals surface area contributed by atoms with E-state index >= 15 is 0 Å². The number of fused-ring (bicyclic) bond motifs is 1. The first-order valence-electron chi connectivity index (χ1n) is 6.83. The summed E-state index contributed by atoms with van der Waals surface area (Å²) in [6.45, 7) is 5.78. The summed E-state index contributed by atoms with van der Waals surface area (Å²) < 4.78 is 37.6. The number of hydrogen-bond donors (Lipinski definition) is 2. The molecule has 1 aliphatic heterocycles. The van der Waals surface area contributed by atoms with Gasteiger partial charge in [-0.2, -0.15) is 13.2 Å². The number of halogens is 3. The van der Waals surface area contributed by atoms with E-state index in [2.05, 4.69) is 38.1 Å². The van der Waals surface area contributed by atoms with E-state index in [-0.39, 0.29) is 5.60 Å². The summed E-state index contributed by atoms with van der Waals surface area (Å²) in [7, 11) is 0. The normalized spacial score (nSPS) is 19.6. The largest absolute Gasteiger partial charge is 0.490 e. The third-order valence-electron chi connectivity index (χ3n) is 3.45. The highest BCUT2D eigenvalue weighted by Gasteiger charge is 2.38. The van der Waals surface area contributed by atoms with Gasteiger partial charge in [-0.15, -0.1) is 0 Å². The van der Waals surface area contributed by atoms with Crippen molar-refractivity contribution in [3.63, 3.8) is 0 Å². The van der Waals surface area contributed by atoms with Crippen molar-refractivity contribution in [1.29, 1.82) is 0 Å². The summed E-state index contributed by atoms with van der Waals surface area (Å²) in [6, 6.07) is 8.55. The van der Waals surface area contributed by atoms with Gasteiger partial charge in [-0.05, 0) is 37.9 Å². The third kappa shape index (κ3) is 4.71. The molecule has 0 saturated heterocycles. The Morgan fingerprint density at radius 3 is 2.45 bits per heavy atom. The highest BCUT2D eigenvalue weighted by molar-refractivity contribution is 5.73. The Morgan fingerprint density at radius 1 is 1.41 bits per heavy atom. The number of carboxylic acid groups (broad SMARTS) is 1. The first-order valence-corrected chi connectivity index (χ1v) is 6.83. The zero-order valence-electron chi connectivity index (χ0n) is 12.5. The van der Waals surface area contributed by atoms with Crippen LogP contribution in [0.25, 0.3) is 0 Å². The number of rotatable bonds is 2. The van der Waals surface area contributed by atoms with Gasteiger partial charge in [0.1, 0.15) is 0 Å². The first-order chi connectivity index (χ1) is 10.1. The molecule has 0 aromatic heterocycles. The predicted molar refractivity (Wildman–Crippen MR) is 75.5 cm³/mol. The van der Waals surface area contributed by atoms with Crippen molar-refractivity contribution in [2.45, 2.75) is 38.0 Å². The molecular formula is C15H20F3NO3. The van der Waals surface area contributed by atoms with E-state index in [1.165, 1.54) is 11.1 Å². The maximum Gasteiger partial charge on any atom is 0.490 e. The summed E-state index contributed by atoms with van der Waals surface area (Å²) in [6.07, 6.45) is -4.08. The molecule has 0 amide bonds. The molecule has 1 unspecified atom stereocenters. The molecule has 1 atom stereocenters. The molecule has 1 aliphatic rings. The minimum absolute atomic E-state index is 0.151. The molecule has 2 rings (SSSR count). The van der Waals surface area contributed by atoms with Crippen LogP contribution in [0.4, 0.5) is 13.2 Å². The van der Waals surface area contributed by atoms with E-state index in [4.69, 9.17) is 20.4 Å². The molecule has 1 aromatic carbocycles. The maximum absolute atomic E-state index is 10.6. The Hall–Kier alpha value is -1.60. The van der Waals surface area contributed by atoms with Gasteiger partial charge in [-0.1, -0.05) is 24.3 Å². The molecule has 4 nitrogen and oxygen atoms in total. The summed E-state index contributed by atoms with van der Waals surface area (Å²) in [4.78, 5) is 8.90. The van der Waals surface area contributed by atoms with Gasteiger partial charge in [0.25, 0.3) is 0 Å². The molecule has 7 heteroatoms. The summed E-state index contributed by atoms with van der Waals surface area (Å²) in [5.41, 5.74) is 8.21. The Bertz CT molecular complexity index is 515. The van der Waals surface area contributed by atoms with Crippen molar-refractivity contribution >= 4 is 5.97 Å².